The largest absolute Gasteiger partial charge is 0.379 e. The van der Waals surface area contributed by atoms with Gasteiger partial charge in [-0.25, -0.2) is 4.98 Å². The van der Waals surface area contributed by atoms with Crippen molar-refractivity contribution in [2.75, 3.05) is 45.9 Å². The summed E-state index contributed by atoms with van der Waals surface area (Å²) in [5.41, 5.74) is 0. The number of aromatic nitrogens is 1. The fourth-order valence-electron chi connectivity index (χ4n) is 2.89. The van der Waals surface area contributed by atoms with Crippen LogP contribution in [0.5, 0.6) is 0 Å². The van der Waals surface area contributed by atoms with Gasteiger partial charge < -0.3 is 9.64 Å². The highest BCUT2D eigenvalue weighted by Crippen LogP contribution is 2.28. The lowest BCUT2D eigenvalue weighted by atomic mass is 9.98. The zero-order chi connectivity index (χ0) is 13.8. The molecule has 3 heterocycles. The van der Waals surface area contributed by atoms with E-state index in [9.17, 15) is 4.79 Å². The first kappa shape index (κ1) is 14.0. The van der Waals surface area contributed by atoms with E-state index in [0.717, 1.165) is 52.2 Å². The Morgan fingerprint density at radius 2 is 2.25 bits per heavy atom. The second-order valence-corrected chi connectivity index (χ2v) is 6.36. The molecule has 1 aromatic rings. The molecule has 1 aromatic heterocycles. The van der Waals surface area contributed by atoms with Gasteiger partial charge in [-0.05, 0) is 12.8 Å². The maximum Gasteiger partial charge on any atom is 0.236 e. The van der Waals surface area contributed by atoms with Gasteiger partial charge in [0.2, 0.25) is 5.91 Å². The molecule has 0 aromatic carbocycles. The maximum absolute atomic E-state index is 12.4. The number of thiazole rings is 1. The Bertz CT molecular complexity index is 432. The van der Waals surface area contributed by atoms with Gasteiger partial charge in [-0.15, -0.1) is 11.3 Å². The number of carbonyl (C=O) groups excluding carboxylic acids is 1. The van der Waals surface area contributed by atoms with Crippen molar-refractivity contribution in [3.05, 3.63) is 16.6 Å². The van der Waals surface area contributed by atoms with Gasteiger partial charge in [0.1, 0.15) is 0 Å². The number of nitrogens with zero attached hydrogens (tertiary/aromatic N) is 3. The minimum absolute atomic E-state index is 0.258. The Balaban J connectivity index is 1.54. The zero-order valence-electron chi connectivity index (χ0n) is 11.7. The molecule has 1 atom stereocenters. The van der Waals surface area contributed by atoms with Crippen molar-refractivity contribution in [3.8, 4) is 0 Å². The molecule has 1 amide bonds. The first-order chi connectivity index (χ1) is 9.83. The van der Waals surface area contributed by atoms with E-state index in [1.807, 2.05) is 16.5 Å². The van der Waals surface area contributed by atoms with Crippen molar-refractivity contribution in [3.63, 3.8) is 0 Å². The molecule has 0 bridgehead atoms. The highest BCUT2D eigenvalue weighted by molar-refractivity contribution is 7.09. The molecule has 0 aliphatic carbocycles. The smallest absolute Gasteiger partial charge is 0.236 e. The first-order valence-electron chi connectivity index (χ1n) is 7.30. The Morgan fingerprint density at radius 1 is 1.40 bits per heavy atom. The van der Waals surface area contributed by atoms with Gasteiger partial charge in [-0.3, -0.25) is 9.69 Å². The van der Waals surface area contributed by atoms with E-state index in [-0.39, 0.29) is 5.91 Å². The van der Waals surface area contributed by atoms with E-state index in [0.29, 0.717) is 12.5 Å². The third-order valence-corrected chi connectivity index (χ3v) is 4.98. The maximum atomic E-state index is 12.4. The highest BCUT2D eigenvalue weighted by Gasteiger charge is 2.27. The second-order valence-electron chi connectivity index (χ2n) is 5.44. The summed E-state index contributed by atoms with van der Waals surface area (Å²) in [6.45, 7) is 5.49. The molecule has 2 aliphatic heterocycles. The monoisotopic (exact) mass is 295 g/mol. The van der Waals surface area contributed by atoms with E-state index in [1.54, 1.807) is 11.3 Å². The summed E-state index contributed by atoms with van der Waals surface area (Å²) >= 11 is 1.70. The van der Waals surface area contributed by atoms with Gasteiger partial charge in [0, 0.05) is 43.7 Å². The molecule has 0 saturated carbocycles. The molecule has 2 aliphatic rings. The minimum atomic E-state index is 0.258. The van der Waals surface area contributed by atoms with Crippen LogP contribution < -0.4 is 0 Å². The van der Waals surface area contributed by atoms with Gasteiger partial charge in [0.15, 0.2) is 0 Å². The van der Waals surface area contributed by atoms with Crippen LogP contribution in [0.25, 0.3) is 0 Å². The lowest BCUT2D eigenvalue weighted by Crippen LogP contribution is -2.47. The van der Waals surface area contributed by atoms with Crippen LogP contribution in [0.2, 0.25) is 0 Å². The van der Waals surface area contributed by atoms with E-state index in [4.69, 9.17) is 4.74 Å². The molecule has 20 heavy (non-hydrogen) atoms. The van der Waals surface area contributed by atoms with E-state index >= 15 is 0 Å². The van der Waals surface area contributed by atoms with Crippen LogP contribution in [0.15, 0.2) is 11.6 Å². The van der Waals surface area contributed by atoms with E-state index < -0.39 is 0 Å². The zero-order valence-corrected chi connectivity index (χ0v) is 12.5. The lowest BCUT2D eigenvalue weighted by molar-refractivity contribution is -0.134. The van der Waals surface area contributed by atoms with Crippen LogP contribution >= 0.6 is 11.3 Å². The predicted molar refractivity (Wildman–Crippen MR) is 77.9 cm³/mol. The molecule has 2 fully saturated rings. The number of hydrogen-bond donors (Lipinski definition) is 0. The van der Waals surface area contributed by atoms with Crippen molar-refractivity contribution < 1.29 is 9.53 Å². The lowest BCUT2D eigenvalue weighted by Gasteiger charge is -2.34. The summed E-state index contributed by atoms with van der Waals surface area (Å²) < 4.78 is 5.32. The summed E-state index contributed by atoms with van der Waals surface area (Å²) in [6, 6.07) is 0. The molecular formula is C14H21N3O2S. The molecule has 6 heteroatoms. The van der Waals surface area contributed by atoms with E-state index in [2.05, 4.69) is 9.88 Å². The molecule has 0 spiro atoms. The highest BCUT2D eigenvalue weighted by atomic mass is 32.1. The normalized spacial score (nSPS) is 24.8. The molecule has 0 N–H and O–H groups in total. The fraction of sp³-hybridized carbons (Fsp3) is 0.714. The second kappa shape index (κ2) is 6.65. The SMILES string of the molecule is O=C(CN1CCOCC1)N1CCC[C@H](c2nccs2)C1. The van der Waals surface area contributed by atoms with Crippen LogP contribution in [-0.4, -0.2) is 66.6 Å². The van der Waals surface area contributed by atoms with Crippen molar-refractivity contribution in [2.45, 2.75) is 18.8 Å². The molecular weight excluding hydrogens is 274 g/mol. The van der Waals surface area contributed by atoms with E-state index in [1.165, 1.54) is 5.01 Å². The molecule has 3 rings (SSSR count). The minimum Gasteiger partial charge on any atom is -0.379 e. The Labute approximate surface area is 123 Å². The Kier molecular flexibility index (Phi) is 4.65. The summed E-state index contributed by atoms with van der Waals surface area (Å²) in [5.74, 6) is 0.686. The number of hydrogen-bond acceptors (Lipinski definition) is 5. The van der Waals surface area contributed by atoms with Gasteiger partial charge in [-0.1, -0.05) is 0 Å². The molecule has 110 valence electrons. The third-order valence-electron chi connectivity index (χ3n) is 4.04. The number of likely N-dealkylation sites (tertiary alicyclic amines) is 1. The summed E-state index contributed by atoms with van der Waals surface area (Å²) in [5, 5.41) is 3.19. The third kappa shape index (κ3) is 3.37. The Morgan fingerprint density at radius 3 is 3.00 bits per heavy atom. The number of piperidine rings is 1. The van der Waals surface area contributed by atoms with Gasteiger partial charge in [0.25, 0.3) is 0 Å². The summed E-state index contributed by atoms with van der Waals surface area (Å²) in [6.07, 6.45) is 4.09. The van der Waals surface area contributed by atoms with Crippen molar-refractivity contribution in [1.29, 1.82) is 0 Å². The van der Waals surface area contributed by atoms with Crippen molar-refractivity contribution >= 4 is 17.2 Å². The summed E-state index contributed by atoms with van der Waals surface area (Å²) in [4.78, 5) is 21.0. The van der Waals surface area contributed by atoms with Crippen LogP contribution in [0.3, 0.4) is 0 Å². The van der Waals surface area contributed by atoms with Gasteiger partial charge in [-0.2, -0.15) is 0 Å². The topological polar surface area (TPSA) is 45.7 Å². The fourth-order valence-corrected chi connectivity index (χ4v) is 3.66. The van der Waals surface area contributed by atoms with Crippen LogP contribution in [-0.2, 0) is 9.53 Å². The van der Waals surface area contributed by atoms with Gasteiger partial charge in [0.05, 0.1) is 24.8 Å². The van der Waals surface area contributed by atoms with Crippen molar-refractivity contribution in [1.82, 2.24) is 14.8 Å². The average molecular weight is 295 g/mol. The Hall–Kier alpha value is -0.980. The predicted octanol–water partition coefficient (Wildman–Crippen LogP) is 1.18. The quantitative estimate of drug-likeness (QED) is 0.840. The number of morpholine rings is 1. The average Bonchev–Trinajstić information content (AvgIpc) is 3.03. The van der Waals surface area contributed by atoms with Crippen molar-refractivity contribution in [2.24, 2.45) is 0 Å². The molecule has 0 unspecified atom stereocenters. The van der Waals surface area contributed by atoms with Crippen LogP contribution in [0.1, 0.15) is 23.8 Å². The number of ether oxygens (including phenoxy) is 1. The number of rotatable bonds is 3. The molecule has 5 nitrogen and oxygen atoms in total. The molecule has 2 saturated heterocycles. The molecule has 0 radical (unpaired) electrons. The van der Waals surface area contributed by atoms with Gasteiger partial charge >= 0.3 is 0 Å². The number of carbonyl (C=O) groups is 1. The first-order valence-corrected chi connectivity index (χ1v) is 8.18. The van der Waals surface area contributed by atoms with Crippen LogP contribution in [0, 0.1) is 0 Å². The number of amides is 1. The summed E-state index contributed by atoms with van der Waals surface area (Å²) in [7, 11) is 0. The van der Waals surface area contributed by atoms with Crippen LogP contribution in [0.4, 0.5) is 0 Å². The standard InChI is InChI=1S/C14H21N3O2S/c18-13(11-16-5-7-19-8-6-16)17-4-1-2-12(10-17)14-15-3-9-20-14/h3,9,12H,1-2,4-8,10-11H2/t12-/m0/s1.